The molecule has 0 amide bonds. The van der Waals surface area contributed by atoms with Gasteiger partial charge in [0.15, 0.2) is 5.96 Å². The Bertz CT molecular complexity index is 814. The van der Waals surface area contributed by atoms with E-state index in [9.17, 15) is 0 Å². The SMILES string of the molecule is CCNC(=NCc1ccc(C)cc1OCC1CCOC1)NCCc1ccc(C)nc1. The van der Waals surface area contributed by atoms with Crippen molar-refractivity contribution >= 4 is 5.96 Å². The van der Waals surface area contributed by atoms with Gasteiger partial charge in [-0.1, -0.05) is 18.2 Å². The number of pyridine rings is 1. The van der Waals surface area contributed by atoms with Crippen molar-refractivity contribution in [3.8, 4) is 5.75 Å². The van der Waals surface area contributed by atoms with Crippen LogP contribution >= 0.6 is 0 Å². The van der Waals surface area contributed by atoms with Crippen molar-refractivity contribution in [1.29, 1.82) is 0 Å². The molecule has 1 fully saturated rings. The third-order valence-corrected chi connectivity index (χ3v) is 5.15. The summed E-state index contributed by atoms with van der Waals surface area (Å²) in [6, 6.07) is 10.5. The summed E-state index contributed by atoms with van der Waals surface area (Å²) in [5.41, 5.74) is 4.55. The minimum atomic E-state index is 0.483. The van der Waals surface area contributed by atoms with Crippen molar-refractivity contribution in [2.75, 3.05) is 32.9 Å². The highest BCUT2D eigenvalue weighted by atomic mass is 16.5. The molecule has 2 heterocycles. The standard InChI is InChI=1S/C24H34N4O2/c1-4-25-24(26-11-9-20-7-6-19(3)27-14-20)28-15-22-8-5-18(2)13-23(22)30-17-21-10-12-29-16-21/h5-8,13-14,21H,4,9-12,15-17H2,1-3H3,(H2,25,26,28). The molecular weight excluding hydrogens is 376 g/mol. The number of nitrogens with zero attached hydrogens (tertiary/aromatic N) is 2. The molecule has 1 aromatic heterocycles. The van der Waals surface area contributed by atoms with Crippen LogP contribution < -0.4 is 15.4 Å². The average Bonchev–Trinajstić information content (AvgIpc) is 3.26. The summed E-state index contributed by atoms with van der Waals surface area (Å²) in [6.45, 7) is 10.7. The Morgan fingerprint density at radius 2 is 2.13 bits per heavy atom. The van der Waals surface area contributed by atoms with Gasteiger partial charge >= 0.3 is 0 Å². The topological polar surface area (TPSA) is 67.8 Å². The monoisotopic (exact) mass is 410 g/mol. The Balaban J connectivity index is 1.58. The van der Waals surface area contributed by atoms with E-state index >= 15 is 0 Å². The second-order valence-electron chi connectivity index (χ2n) is 7.83. The minimum Gasteiger partial charge on any atom is -0.493 e. The second kappa shape index (κ2) is 11.6. The van der Waals surface area contributed by atoms with Crippen molar-refractivity contribution in [1.82, 2.24) is 15.6 Å². The quantitative estimate of drug-likeness (QED) is 0.490. The molecule has 0 bridgehead atoms. The molecule has 30 heavy (non-hydrogen) atoms. The highest BCUT2D eigenvalue weighted by Gasteiger charge is 2.17. The molecule has 0 radical (unpaired) electrons. The molecule has 1 aromatic carbocycles. The van der Waals surface area contributed by atoms with Crippen molar-refractivity contribution in [3.05, 3.63) is 58.9 Å². The molecule has 1 aliphatic heterocycles. The molecule has 0 saturated carbocycles. The van der Waals surface area contributed by atoms with Crippen molar-refractivity contribution in [2.45, 2.75) is 40.2 Å². The predicted molar refractivity (Wildman–Crippen MR) is 121 cm³/mol. The summed E-state index contributed by atoms with van der Waals surface area (Å²) in [5, 5.41) is 6.74. The predicted octanol–water partition coefficient (Wildman–Crippen LogP) is 3.41. The van der Waals surface area contributed by atoms with E-state index in [0.29, 0.717) is 19.1 Å². The molecule has 6 heteroatoms. The van der Waals surface area contributed by atoms with Crippen LogP contribution in [0.3, 0.4) is 0 Å². The Hall–Kier alpha value is -2.60. The van der Waals surface area contributed by atoms with E-state index in [1.807, 2.05) is 19.2 Å². The molecule has 2 aromatic rings. The zero-order valence-corrected chi connectivity index (χ0v) is 18.4. The largest absolute Gasteiger partial charge is 0.493 e. The van der Waals surface area contributed by atoms with Crippen LogP contribution in [-0.4, -0.2) is 43.9 Å². The fourth-order valence-electron chi connectivity index (χ4n) is 3.33. The first kappa shape index (κ1) is 22.1. The van der Waals surface area contributed by atoms with Crippen LogP contribution in [0.1, 0.15) is 35.7 Å². The highest BCUT2D eigenvalue weighted by Crippen LogP contribution is 2.23. The lowest BCUT2D eigenvalue weighted by Gasteiger charge is -2.15. The van der Waals surface area contributed by atoms with Gasteiger partial charge in [-0.05, 0) is 56.9 Å². The number of aryl methyl sites for hydroxylation is 2. The van der Waals surface area contributed by atoms with E-state index in [1.165, 1.54) is 11.1 Å². The first-order chi connectivity index (χ1) is 14.6. The summed E-state index contributed by atoms with van der Waals surface area (Å²) in [6.07, 6.45) is 3.91. The minimum absolute atomic E-state index is 0.483. The maximum absolute atomic E-state index is 6.15. The van der Waals surface area contributed by atoms with Crippen molar-refractivity contribution in [2.24, 2.45) is 10.9 Å². The highest BCUT2D eigenvalue weighted by molar-refractivity contribution is 5.79. The zero-order valence-electron chi connectivity index (χ0n) is 18.4. The Morgan fingerprint density at radius 3 is 2.87 bits per heavy atom. The van der Waals surface area contributed by atoms with Gasteiger partial charge in [-0.3, -0.25) is 4.98 Å². The molecule has 0 spiro atoms. The third-order valence-electron chi connectivity index (χ3n) is 5.15. The fourth-order valence-corrected chi connectivity index (χ4v) is 3.33. The number of hydrogen-bond donors (Lipinski definition) is 2. The van der Waals surface area contributed by atoms with Crippen LogP contribution in [0, 0.1) is 19.8 Å². The Kier molecular flexibility index (Phi) is 8.51. The van der Waals surface area contributed by atoms with Crippen LogP contribution in [-0.2, 0) is 17.7 Å². The molecule has 2 N–H and O–H groups in total. The molecule has 0 aliphatic carbocycles. The van der Waals surface area contributed by atoms with Crippen LogP contribution in [0.25, 0.3) is 0 Å². The summed E-state index contributed by atoms with van der Waals surface area (Å²) in [7, 11) is 0. The first-order valence-corrected chi connectivity index (χ1v) is 10.9. The van der Waals surface area contributed by atoms with Gasteiger partial charge in [0.1, 0.15) is 5.75 Å². The molecule has 1 atom stereocenters. The van der Waals surface area contributed by atoms with Gasteiger partial charge in [0.25, 0.3) is 0 Å². The summed E-state index contributed by atoms with van der Waals surface area (Å²) in [4.78, 5) is 9.13. The summed E-state index contributed by atoms with van der Waals surface area (Å²) >= 11 is 0. The van der Waals surface area contributed by atoms with Gasteiger partial charge in [0.05, 0.1) is 19.8 Å². The second-order valence-corrected chi connectivity index (χ2v) is 7.83. The normalized spacial score (nSPS) is 16.5. The lowest BCUT2D eigenvalue weighted by Crippen LogP contribution is -2.38. The average molecular weight is 411 g/mol. The number of nitrogens with one attached hydrogen (secondary N) is 2. The Labute approximate surface area is 180 Å². The van der Waals surface area contributed by atoms with Crippen LogP contribution in [0.15, 0.2) is 41.5 Å². The number of guanidine groups is 1. The van der Waals surface area contributed by atoms with E-state index in [4.69, 9.17) is 14.5 Å². The number of benzene rings is 1. The Morgan fingerprint density at radius 1 is 1.23 bits per heavy atom. The number of hydrogen-bond acceptors (Lipinski definition) is 4. The van der Waals surface area contributed by atoms with E-state index in [1.54, 1.807) is 0 Å². The van der Waals surface area contributed by atoms with Crippen LogP contribution in [0.5, 0.6) is 5.75 Å². The molecule has 1 unspecified atom stereocenters. The molecule has 6 nitrogen and oxygen atoms in total. The lowest BCUT2D eigenvalue weighted by molar-refractivity contribution is 0.166. The van der Waals surface area contributed by atoms with E-state index in [-0.39, 0.29) is 0 Å². The van der Waals surface area contributed by atoms with Gasteiger partial charge in [-0.2, -0.15) is 0 Å². The number of aliphatic imine (C=N–C) groups is 1. The summed E-state index contributed by atoms with van der Waals surface area (Å²) in [5.74, 6) is 2.22. The number of rotatable bonds is 9. The molecule has 1 aliphatic rings. The third kappa shape index (κ3) is 7.02. The van der Waals surface area contributed by atoms with Crippen LogP contribution in [0.2, 0.25) is 0 Å². The van der Waals surface area contributed by atoms with E-state index in [2.05, 4.69) is 53.7 Å². The summed E-state index contributed by atoms with van der Waals surface area (Å²) < 4.78 is 11.6. The smallest absolute Gasteiger partial charge is 0.191 e. The van der Waals surface area contributed by atoms with Crippen LogP contribution in [0.4, 0.5) is 0 Å². The molecule has 1 saturated heterocycles. The molecule has 3 rings (SSSR count). The first-order valence-electron chi connectivity index (χ1n) is 10.9. The number of aromatic nitrogens is 1. The zero-order chi connectivity index (χ0) is 21.2. The molecular formula is C24H34N4O2. The maximum Gasteiger partial charge on any atom is 0.191 e. The number of ether oxygens (including phenoxy) is 2. The molecule has 162 valence electrons. The lowest BCUT2D eigenvalue weighted by atomic mass is 10.1. The van der Waals surface area contributed by atoms with E-state index in [0.717, 1.165) is 62.1 Å². The van der Waals surface area contributed by atoms with Gasteiger partial charge in [0.2, 0.25) is 0 Å². The van der Waals surface area contributed by atoms with Crippen molar-refractivity contribution < 1.29 is 9.47 Å². The van der Waals surface area contributed by atoms with Gasteiger partial charge in [-0.15, -0.1) is 0 Å². The van der Waals surface area contributed by atoms with Gasteiger partial charge in [0, 0.05) is 43.1 Å². The maximum atomic E-state index is 6.15. The van der Waals surface area contributed by atoms with E-state index < -0.39 is 0 Å². The van der Waals surface area contributed by atoms with Gasteiger partial charge in [-0.25, -0.2) is 4.99 Å². The van der Waals surface area contributed by atoms with Gasteiger partial charge < -0.3 is 20.1 Å². The fraction of sp³-hybridized carbons (Fsp3) is 0.500. The van der Waals surface area contributed by atoms with Crippen molar-refractivity contribution in [3.63, 3.8) is 0 Å².